The molecule has 0 aromatic heterocycles. The molecule has 0 atom stereocenters. The fourth-order valence-electron chi connectivity index (χ4n) is 3.55. The largest absolute Gasteiger partial charge is 0.508 e. The van der Waals surface area contributed by atoms with Crippen LogP contribution in [0, 0.1) is 12.3 Å². The van der Waals surface area contributed by atoms with Crippen LogP contribution in [-0.2, 0) is 9.59 Å². The summed E-state index contributed by atoms with van der Waals surface area (Å²) in [6, 6.07) is 4.76. The number of imide groups is 1. The number of hydrogen-bond acceptors (Lipinski definition) is 3. The lowest BCUT2D eigenvalue weighted by Gasteiger charge is -2.30. The number of anilines is 1. The quantitative estimate of drug-likeness (QED) is 0.800. The highest BCUT2D eigenvalue weighted by molar-refractivity contribution is 6.22. The average molecular weight is 273 g/mol. The molecule has 20 heavy (non-hydrogen) atoms. The molecule has 4 heteroatoms. The molecule has 106 valence electrons. The van der Waals surface area contributed by atoms with Crippen LogP contribution in [0.3, 0.4) is 0 Å². The Balaban J connectivity index is 1.98. The van der Waals surface area contributed by atoms with Gasteiger partial charge < -0.3 is 5.11 Å². The number of carbonyl (C=O) groups excluding carboxylic acids is 2. The van der Waals surface area contributed by atoms with Gasteiger partial charge in [-0.25, -0.2) is 4.90 Å². The van der Waals surface area contributed by atoms with Crippen molar-refractivity contribution >= 4 is 17.5 Å². The van der Waals surface area contributed by atoms with Crippen molar-refractivity contribution in [2.24, 2.45) is 5.41 Å². The summed E-state index contributed by atoms with van der Waals surface area (Å²) >= 11 is 0. The summed E-state index contributed by atoms with van der Waals surface area (Å²) in [4.78, 5) is 26.4. The van der Waals surface area contributed by atoms with Crippen molar-refractivity contribution in [2.75, 3.05) is 4.90 Å². The van der Waals surface area contributed by atoms with Gasteiger partial charge in [0, 0.05) is 6.42 Å². The van der Waals surface area contributed by atoms with Crippen LogP contribution in [0.15, 0.2) is 18.2 Å². The van der Waals surface area contributed by atoms with Gasteiger partial charge in [-0.1, -0.05) is 19.3 Å². The van der Waals surface area contributed by atoms with E-state index >= 15 is 0 Å². The Labute approximate surface area is 118 Å². The molecule has 0 radical (unpaired) electrons. The molecule has 1 aromatic rings. The van der Waals surface area contributed by atoms with E-state index in [-0.39, 0.29) is 17.6 Å². The molecule has 1 N–H and O–H groups in total. The van der Waals surface area contributed by atoms with E-state index in [4.69, 9.17) is 0 Å². The summed E-state index contributed by atoms with van der Waals surface area (Å²) in [6.45, 7) is 1.81. The molecule has 1 heterocycles. The number of hydrogen-bond donors (Lipinski definition) is 1. The Bertz CT molecular complexity index is 573. The van der Waals surface area contributed by atoms with Crippen molar-refractivity contribution in [2.45, 2.75) is 45.4 Å². The monoisotopic (exact) mass is 273 g/mol. The predicted octanol–water partition coefficient (Wildman–Crippen LogP) is 2.91. The first-order chi connectivity index (χ1) is 9.53. The van der Waals surface area contributed by atoms with Gasteiger partial charge in [0.25, 0.3) is 0 Å². The maximum atomic E-state index is 12.8. The Morgan fingerprint density at radius 3 is 2.50 bits per heavy atom. The predicted molar refractivity (Wildman–Crippen MR) is 75.5 cm³/mol. The Morgan fingerprint density at radius 2 is 1.85 bits per heavy atom. The fourth-order valence-corrected chi connectivity index (χ4v) is 3.55. The van der Waals surface area contributed by atoms with Gasteiger partial charge in [0.1, 0.15) is 5.75 Å². The van der Waals surface area contributed by atoms with Gasteiger partial charge in [0.2, 0.25) is 11.8 Å². The standard InChI is InChI=1S/C16H19NO3/c1-11-9-12(18)5-6-13(11)17-14(19)10-16(15(17)20)7-3-2-4-8-16/h5-6,9,18H,2-4,7-8,10H2,1H3. The van der Waals surface area contributed by atoms with Crippen LogP contribution in [0.2, 0.25) is 0 Å². The number of phenolic OH excluding ortho intramolecular Hbond substituents is 1. The van der Waals surface area contributed by atoms with Crippen LogP contribution in [0.4, 0.5) is 5.69 Å². The molecule has 4 nitrogen and oxygen atoms in total. The van der Waals surface area contributed by atoms with Crippen LogP contribution >= 0.6 is 0 Å². The third kappa shape index (κ3) is 1.90. The highest BCUT2D eigenvalue weighted by Gasteiger charge is 2.52. The smallest absolute Gasteiger partial charge is 0.240 e. The first-order valence-corrected chi connectivity index (χ1v) is 7.20. The van der Waals surface area contributed by atoms with Gasteiger partial charge in [-0.05, 0) is 43.5 Å². The molecule has 1 aliphatic carbocycles. The maximum Gasteiger partial charge on any atom is 0.240 e. The number of carbonyl (C=O) groups is 2. The minimum atomic E-state index is -0.459. The number of nitrogens with zero attached hydrogens (tertiary/aromatic N) is 1. The molecule has 2 amide bonds. The van der Waals surface area contributed by atoms with E-state index in [0.29, 0.717) is 12.1 Å². The van der Waals surface area contributed by atoms with Crippen molar-refractivity contribution in [3.63, 3.8) is 0 Å². The molecule has 0 bridgehead atoms. The molecule has 1 saturated heterocycles. The molecule has 1 saturated carbocycles. The number of phenols is 1. The second-order valence-electron chi connectivity index (χ2n) is 6.02. The second kappa shape index (κ2) is 4.62. The van der Waals surface area contributed by atoms with E-state index in [2.05, 4.69) is 0 Å². The minimum Gasteiger partial charge on any atom is -0.508 e. The molecule has 2 fully saturated rings. The molecular weight excluding hydrogens is 254 g/mol. The summed E-state index contributed by atoms with van der Waals surface area (Å²) in [5.74, 6) is -0.000552. The van der Waals surface area contributed by atoms with Gasteiger partial charge >= 0.3 is 0 Å². The fraction of sp³-hybridized carbons (Fsp3) is 0.500. The zero-order valence-electron chi connectivity index (χ0n) is 11.7. The lowest BCUT2D eigenvalue weighted by Crippen LogP contribution is -2.37. The first-order valence-electron chi connectivity index (χ1n) is 7.20. The van der Waals surface area contributed by atoms with Crippen molar-refractivity contribution in [1.29, 1.82) is 0 Å². The molecule has 1 spiro atoms. The Hall–Kier alpha value is -1.84. The van der Waals surface area contributed by atoms with Crippen LogP contribution in [0.25, 0.3) is 0 Å². The van der Waals surface area contributed by atoms with Gasteiger partial charge in [-0.3, -0.25) is 9.59 Å². The summed E-state index contributed by atoms with van der Waals surface area (Å²) in [5, 5.41) is 9.47. The Kier molecular flexibility index (Phi) is 3.04. The average Bonchev–Trinajstić information content (AvgIpc) is 2.63. The number of benzene rings is 1. The van der Waals surface area contributed by atoms with Gasteiger partial charge in [0.05, 0.1) is 11.1 Å². The third-order valence-electron chi connectivity index (χ3n) is 4.63. The first kappa shape index (κ1) is 13.2. The number of aromatic hydroxyl groups is 1. The van der Waals surface area contributed by atoms with Crippen molar-refractivity contribution in [3.05, 3.63) is 23.8 Å². The normalized spacial score (nSPS) is 21.8. The summed E-state index contributed by atoms with van der Waals surface area (Å²) < 4.78 is 0. The maximum absolute atomic E-state index is 12.8. The van der Waals surface area contributed by atoms with Crippen molar-refractivity contribution in [1.82, 2.24) is 0 Å². The van der Waals surface area contributed by atoms with E-state index in [1.54, 1.807) is 12.1 Å². The van der Waals surface area contributed by atoms with Gasteiger partial charge in [-0.2, -0.15) is 0 Å². The van der Waals surface area contributed by atoms with E-state index in [1.807, 2.05) is 6.92 Å². The lowest BCUT2D eigenvalue weighted by atomic mass is 9.73. The van der Waals surface area contributed by atoms with Gasteiger partial charge in [0.15, 0.2) is 0 Å². The second-order valence-corrected chi connectivity index (χ2v) is 6.02. The zero-order valence-corrected chi connectivity index (χ0v) is 11.7. The molecule has 1 aliphatic heterocycles. The molecule has 1 aromatic carbocycles. The number of amides is 2. The summed E-state index contributed by atoms with van der Waals surface area (Å²) in [5.41, 5.74) is 0.902. The molecular formula is C16H19NO3. The topological polar surface area (TPSA) is 57.6 Å². The van der Waals surface area contributed by atoms with Crippen molar-refractivity contribution in [3.8, 4) is 5.75 Å². The van der Waals surface area contributed by atoms with E-state index in [0.717, 1.165) is 37.7 Å². The van der Waals surface area contributed by atoms with E-state index in [1.165, 1.54) is 11.0 Å². The highest BCUT2D eigenvalue weighted by atomic mass is 16.3. The highest BCUT2D eigenvalue weighted by Crippen LogP contribution is 2.47. The lowest BCUT2D eigenvalue weighted by molar-refractivity contribution is -0.127. The van der Waals surface area contributed by atoms with Gasteiger partial charge in [-0.15, -0.1) is 0 Å². The summed E-state index contributed by atoms with van der Waals surface area (Å²) in [6.07, 6.45) is 5.20. The molecule has 0 unspecified atom stereocenters. The van der Waals surface area contributed by atoms with E-state index in [9.17, 15) is 14.7 Å². The van der Waals surface area contributed by atoms with Crippen LogP contribution < -0.4 is 4.90 Å². The summed E-state index contributed by atoms with van der Waals surface area (Å²) in [7, 11) is 0. The number of aryl methyl sites for hydroxylation is 1. The molecule has 3 rings (SSSR count). The SMILES string of the molecule is Cc1cc(O)ccc1N1C(=O)CC2(CCCCC2)C1=O. The van der Waals surface area contributed by atoms with Crippen LogP contribution in [0.5, 0.6) is 5.75 Å². The minimum absolute atomic E-state index is 0.0454. The van der Waals surface area contributed by atoms with E-state index < -0.39 is 5.41 Å². The van der Waals surface area contributed by atoms with Crippen molar-refractivity contribution < 1.29 is 14.7 Å². The number of rotatable bonds is 1. The van der Waals surface area contributed by atoms with Crippen LogP contribution in [-0.4, -0.2) is 16.9 Å². The molecule has 2 aliphatic rings. The Morgan fingerprint density at radius 1 is 1.15 bits per heavy atom. The zero-order chi connectivity index (χ0) is 14.3. The van der Waals surface area contributed by atoms with Crippen LogP contribution in [0.1, 0.15) is 44.1 Å². The third-order valence-corrected chi connectivity index (χ3v) is 4.63.